The molecule has 0 aliphatic carbocycles. The van der Waals surface area contributed by atoms with E-state index in [0.29, 0.717) is 16.8 Å². The number of aryl methyl sites for hydroxylation is 1. The molecule has 0 spiro atoms. The lowest BCUT2D eigenvalue weighted by Gasteiger charge is -2.37. The average molecular weight is 467 g/mol. The summed E-state index contributed by atoms with van der Waals surface area (Å²) in [6, 6.07) is 14.2. The van der Waals surface area contributed by atoms with Gasteiger partial charge in [0.15, 0.2) is 0 Å². The van der Waals surface area contributed by atoms with Gasteiger partial charge in [-0.25, -0.2) is 13.2 Å². The second-order valence-electron chi connectivity index (χ2n) is 8.45. The number of piperidine rings is 1. The summed E-state index contributed by atoms with van der Waals surface area (Å²) in [6.07, 6.45) is 3.17. The van der Waals surface area contributed by atoms with Gasteiger partial charge in [0, 0.05) is 36.6 Å². The van der Waals surface area contributed by atoms with Crippen LogP contribution in [0.3, 0.4) is 0 Å². The summed E-state index contributed by atoms with van der Waals surface area (Å²) in [6.45, 7) is 0.954. The predicted molar refractivity (Wildman–Crippen MR) is 123 cm³/mol. The maximum atomic E-state index is 14.6. The highest BCUT2D eigenvalue weighted by atomic mass is 19.3. The minimum atomic E-state index is -3.25. The highest BCUT2D eigenvalue weighted by Gasteiger charge is 2.44. The average Bonchev–Trinajstić information content (AvgIpc) is 2.82. The van der Waals surface area contributed by atoms with Gasteiger partial charge in [-0.3, -0.25) is 14.6 Å². The predicted octanol–water partition coefficient (Wildman–Crippen LogP) is 5.19. The molecule has 1 aliphatic rings. The Labute approximate surface area is 195 Å². The van der Waals surface area contributed by atoms with Crippen LogP contribution < -0.4 is 5.32 Å². The topological polar surface area (TPSA) is 62.3 Å². The summed E-state index contributed by atoms with van der Waals surface area (Å²) >= 11 is 0. The number of benzene rings is 2. The van der Waals surface area contributed by atoms with E-state index in [9.17, 15) is 22.8 Å². The first-order chi connectivity index (χ1) is 16.2. The minimum absolute atomic E-state index is 0.0562. The molecule has 34 heavy (non-hydrogen) atoms. The van der Waals surface area contributed by atoms with Gasteiger partial charge in [-0.2, -0.15) is 0 Å². The Morgan fingerprint density at radius 1 is 1.09 bits per heavy atom. The largest absolute Gasteiger partial charge is 0.332 e. The van der Waals surface area contributed by atoms with Crippen LogP contribution in [0.1, 0.15) is 29.3 Å². The van der Waals surface area contributed by atoms with Crippen molar-refractivity contribution >= 4 is 17.5 Å². The van der Waals surface area contributed by atoms with E-state index in [1.807, 2.05) is 13.0 Å². The number of hydrogen-bond donors (Lipinski definition) is 1. The SMILES string of the molecule is CCc1cccc(NC(=O)C2CN(C(=O)c3cc(F)cc(-c4ccncc4)c3)CC(F)(F)C2)c1. The van der Waals surface area contributed by atoms with Crippen molar-refractivity contribution in [2.75, 3.05) is 18.4 Å². The first-order valence-corrected chi connectivity index (χ1v) is 11.0. The Kier molecular flexibility index (Phi) is 6.68. The number of amides is 2. The van der Waals surface area contributed by atoms with Gasteiger partial charge in [-0.1, -0.05) is 19.1 Å². The Morgan fingerprint density at radius 3 is 2.59 bits per heavy atom. The highest BCUT2D eigenvalue weighted by Crippen LogP contribution is 2.33. The maximum absolute atomic E-state index is 14.6. The smallest absolute Gasteiger partial charge is 0.266 e. The van der Waals surface area contributed by atoms with Gasteiger partial charge in [-0.15, -0.1) is 0 Å². The number of nitrogens with one attached hydrogen (secondary N) is 1. The maximum Gasteiger partial charge on any atom is 0.266 e. The molecule has 2 amide bonds. The lowest BCUT2D eigenvalue weighted by molar-refractivity contribution is -0.130. The molecular weight excluding hydrogens is 443 g/mol. The van der Waals surface area contributed by atoms with Crippen LogP contribution in [-0.2, 0) is 11.2 Å². The van der Waals surface area contributed by atoms with Gasteiger partial charge in [0.2, 0.25) is 5.91 Å². The number of nitrogens with zero attached hydrogens (tertiary/aromatic N) is 2. The van der Waals surface area contributed by atoms with Crippen LogP contribution in [0.25, 0.3) is 11.1 Å². The Bertz CT molecular complexity index is 1200. The van der Waals surface area contributed by atoms with Crippen LogP contribution in [0, 0.1) is 11.7 Å². The summed E-state index contributed by atoms with van der Waals surface area (Å²) in [5.74, 6) is -6.34. The second-order valence-corrected chi connectivity index (χ2v) is 8.45. The number of carbonyl (C=O) groups excluding carboxylic acids is 2. The number of rotatable bonds is 5. The molecule has 2 aromatic carbocycles. The van der Waals surface area contributed by atoms with E-state index in [1.165, 1.54) is 24.5 Å². The standard InChI is InChI=1S/C26H24F3N3O2/c1-2-17-4-3-5-23(10-17)31-24(33)21-14-26(28,29)16-32(15-21)25(34)20-11-19(12-22(27)13-20)18-6-8-30-9-7-18/h3-13,21H,2,14-16H2,1H3,(H,31,33). The van der Waals surface area contributed by atoms with Gasteiger partial charge < -0.3 is 10.2 Å². The van der Waals surface area contributed by atoms with E-state index >= 15 is 0 Å². The highest BCUT2D eigenvalue weighted by molar-refractivity contribution is 5.97. The number of halogens is 3. The van der Waals surface area contributed by atoms with Crippen LogP contribution in [0.4, 0.5) is 18.9 Å². The zero-order chi connectivity index (χ0) is 24.3. The second kappa shape index (κ2) is 9.67. The van der Waals surface area contributed by atoms with Crippen molar-refractivity contribution in [2.24, 2.45) is 5.92 Å². The number of hydrogen-bond acceptors (Lipinski definition) is 3. The molecule has 4 rings (SSSR count). The van der Waals surface area contributed by atoms with Crippen molar-refractivity contribution in [1.29, 1.82) is 0 Å². The van der Waals surface area contributed by atoms with Gasteiger partial charge in [0.05, 0.1) is 12.5 Å². The van der Waals surface area contributed by atoms with E-state index in [1.54, 1.807) is 30.3 Å². The summed E-state index contributed by atoms with van der Waals surface area (Å²) in [4.78, 5) is 30.8. The van der Waals surface area contributed by atoms with Crippen LogP contribution in [0.15, 0.2) is 67.0 Å². The molecule has 1 atom stereocenters. The van der Waals surface area contributed by atoms with Gasteiger partial charge in [0.25, 0.3) is 11.8 Å². The molecule has 0 saturated carbocycles. The van der Waals surface area contributed by atoms with Crippen molar-refractivity contribution in [3.63, 3.8) is 0 Å². The lowest BCUT2D eigenvalue weighted by atomic mass is 9.93. The van der Waals surface area contributed by atoms with Crippen LogP contribution in [0.2, 0.25) is 0 Å². The molecule has 0 radical (unpaired) electrons. The number of alkyl halides is 2. The first-order valence-electron chi connectivity index (χ1n) is 11.0. The summed E-state index contributed by atoms with van der Waals surface area (Å²) in [5.41, 5.74) is 2.53. The third-order valence-corrected chi connectivity index (χ3v) is 5.83. The Morgan fingerprint density at radius 2 is 1.85 bits per heavy atom. The zero-order valence-electron chi connectivity index (χ0n) is 18.6. The number of likely N-dealkylation sites (tertiary alicyclic amines) is 1. The van der Waals surface area contributed by atoms with Crippen molar-refractivity contribution in [3.05, 3.63) is 83.9 Å². The van der Waals surface area contributed by atoms with Gasteiger partial charge in [-0.05, 0) is 65.6 Å². The number of anilines is 1. The number of pyridine rings is 1. The van der Waals surface area contributed by atoms with Gasteiger partial charge >= 0.3 is 0 Å². The molecule has 3 aromatic rings. The molecule has 5 nitrogen and oxygen atoms in total. The Hall–Kier alpha value is -3.68. The van der Waals surface area contributed by atoms with Gasteiger partial charge in [0.1, 0.15) is 5.82 Å². The van der Waals surface area contributed by atoms with Crippen molar-refractivity contribution in [1.82, 2.24) is 9.88 Å². The fourth-order valence-electron chi connectivity index (χ4n) is 4.15. The number of aromatic nitrogens is 1. The number of carbonyl (C=O) groups is 2. The molecule has 1 aliphatic heterocycles. The van der Waals surface area contributed by atoms with E-state index in [2.05, 4.69) is 10.3 Å². The monoisotopic (exact) mass is 467 g/mol. The van der Waals surface area contributed by atoms with E-state index in [-0.39, 0.29) is 12.1 Å². The molecule has 2 heterocycles. The third-order valence-electron chi connectivity index (χ3n) is 5.83. The molecule has 1 aromatic heterocycles. The van der Waals surface area contributed by atoms with E-state index in [0.717, 1.165) is 23.0 Å². The van der Waals surface area contributed by atoms with Crippen molar-refractivity contribution in [2.45, 2.75) is 25.7 Å². The lowest BCUT2D eigenvalue weighted by Crippen LogP contribution is -2.52. The summed E-state index contributed by atoms with van der Waals surface area (Å²) in [5, 5.41) is 2.69. The normalized spacial score (nSPS) is 17.3. The fraction of sp³-hybridized carbons (Fsp3) is 0.269. The minimum Gasteiger partial charge on any atom is -0.332 e. The van der Waals surface area contributed by atoms with Crippen molar-refractivity contribution < 1.29 is 22.8 Å². The molecule has 1 N–H and O–H groups in total. The Balaban J connectivity index is 1.55. The molecule has 0 bridgehead atoms. The summed E-state index contributed by atoms with van der Waals surface area (Å²) < 4.78 is 43.4. The fourth-order valence-corrected chi connectivity index (χ4v) is 4.15. The molecular formula is C26H24F3N3O2. The molecule has 1 unspecified atom stereocenters. The zero-order valence-corrected chi connectivity index (χ0v) is 18.6. The summed E-state index contributed by atoms with van der Waals surface area (Å²) in [7, 11) is 0. The molecule has 1 saturated heterocycles. The van der Waals surface area contributed by atoms with E-state index < -0.39 is 42.4 Å². The van der Waals surface area contributed by atoms with Crippen LogP contribution in [-0.4, -0.2) is 40.7 Å². The first kappa shape index (κ1) is 23.5. The molecule has 1 fully saturated rings. The van der Waals surface area contributed by atoms with Crippen molar-refractivity contribution in [3.8, 4) is 11.1 Å². The third kappa shape index (κ3) is 5.44. The van der Waals surface area contributed by atoms with Crippen LogP contribution >= 0.6 is 0 Å². The van der Waals surface area contributed by atoms with Crippen LogP contribution in [0.5, 0.6) is 0 Å². The molecule has 8 heteroatoms. The molecule has 176 valence electrons. The van der Waals surface area contributed by atoms with E-state index in [4.69, 9.17) is 0 Å². The quantitative estimate of drug-likeness (QED) is 0.562.